The van der Waals surface area contributed by atoms with E-state index in [1.165, 1.54) is 18.5 Å². The van der Waals surface area contributed by atoms with Crippen molar-refractivity contribution in [3.05, 3.63) is 24.0 Å². The van der Waals surface area contributed by atoms with Crippen molar-refractivity contribution in [3.63, 3.8) is 0 Å². The number of hydrogen-bond donors (Lipinski definition) is 1. The lowest BCUT2D eigenvalue weighted by Crippen LogP contribution is -2.29. The molecular weight excluding hydrogens is 234 g/mol. The van der Waals surface area contributed by atoms with Gasteiger partial charge in [-0.15, -0.1) is 0 Å². The fourth-order valence-electron chi connectivity index (χ4n) is 2.29. The Morgan fingerprint density at radius 1 is 1.11 bits per heavy atom. The van der Waals surface area contributed by atoms with Crippen LogP contribution in [0.25, 0.3) is 0 Å². The van der Waals surface area contributed by atoms with E-state index in [0.717, 1.165) is 31.1 Å². The molecule has 3 heteroatoms. The number of aromatic nitrogens is 1. The zero-order valence-corrected chi connectivity index (χ0v) is 12.9. The van der Waals surface area contributed by atoms with Gasteiger partial charge in [-0.2, -0.15) is 0 Å². The van der Waals surface area contributed by atoms with E-state index in [2.05, 4.69) is 49.7 Å². The molecule has 0 saturated carbocycles. The first kappa shape index (κ1) is 16.0. The van der Waals surface area contributed by atoms with Crippen LogP contribution < -0.4 is 10.6 Å². The average molecular weight is 263 g/mol. The van der Waals surface area contributed by atoms with Gasteiger partial charge in [-0.3, -0.25) is 4.98 Å². The summed E-state index contributed by atoms with van der Waals surface area (Å²) in [5, 5.41) is 0. The van der Waals surface area contributed by atoms with Crippen molar-refractivity contribution in [3.8, 4) is 0 Å². The van der Waals surface area contributed by atoms with Gasteiger partial charge in [-0.1, -0.05) is 33.6 Å². The van der Waals surface area contributed by atoms with Crippen molar-refractivity contribution in [2.24, 2.45) is 11.7 Å². The molecule has 3 nitrogen and oxygen atoms in total. The minimum Gasteiger partial charge on any atom is -0.370 e. The molecule has 0 aliphatic rings. The summed E-state index contributed by atoms with van der Waals surface area (Å²) in [6, 6.07) is 4.28. The Bertz CT molecular complexity index is 344. The predicted molar refractivity (Wildman–Crippen MR) is 83.4 cm³/mol. The molecule has 1 atom stereocenters. The third-order valence-electron chi connectivity index (χ3n) is 3.97. The van der Waals surface area contributed by atoms with Crippen molar-refractivity contribution < 1.29 is 0 Å². The van der Waals surface area contributed by atoms with Crippen molar-refractivity contribution >= 4 is 5.69 Å². The van der Waals surface area contributed by atoms with Crippen molar-refractivity contribution in [2.75, 3.05) is 18.0 Å². The second-order valence-corrected chi connectivity index (χ2v) is 5.18. The van der Waals surface area contributed by atoms with Crippen LogP contribution in [0.3, 0.4) is 0 Å². The molecule has 0 aromatic carbocycles. The van der Waals surface area contributed by atoms with Crippen molar-refractivity contribution in [2.45, 2.75) is 53.0 Å². The first-order chi connectivity index (χ1) is 9.15. The van der Waals surface area contributed by atoms with Gasteiger partial charge in [0.2, 0.25) is 0 Å². The number of anilines is 1. The second kappa shape index (κ2) is 8.16. The molecule has 0 fully saturated rings. The smallest absolute Gasteiger partial charge is 0.0572 e. The molecule has 1 rings (SSSR count). The minimum atomic E-state index is 0.0585. The van der Waals surface area contributed by atoms with Gasteiger partial charge in [0.25, 0.3) is 0 Å². The van der Waals surface area contributed by atoms with Gasteiger partial charge in [0, 0.05) is 19.1 Å². The maximum atomic E-state index is 6.00. The molecule has 108 valence electrons. The highest BCUT2D eigenvalue weighted by molar-refractivity contribution is 5.44. The Kier molecular flexibility index (Phi) is 6.85. The molecule has 1 aromatic heterocycles. The van der Waals surface area contributed by atoms with Crippen LogP contribution >= 0.6 is 0 Å². The number of nitrogens with two attached hydrogens (primary N) is 1. The quantitative estimate of drug-likeness (QED) is 0.776. The van der Waals surface area contributed by atoms with Crippen LogP contribution in [-0.2, 0) is 0 Å². The Morgan fingerprint density at radius 2 is 1.79 bits per heavy atom. The number of rotatable bonds is 8. The lowest BCUT2D eigenvalue weighted by Gasteiger charge is -2.27. The van der Waals surface area contributed by atoms with Gasteiger partial charge in [0.15, 0.2) is 0 Å². The van der Waals surface area contributed by atoms with Crippen LogP contribution in [0.15, 0.2) is 18.3 Å². The summed E-state index contributed by atoms with van der Waals surface area (Å²) in [5.41, 5.74) is 8.20. The number of hydrogen-bond acceptors (Lipinski definition) is 3. The highest BCUT2D eigenvalue weighted by Gasteiger charge is 2.12. The zero-order valence-electron chi connectivity index (χ0n) is 12.9. The summed E-state index contributed by atoms with van der Waals surface area (Å²) < 4.78 is 0. The molecule has 0 aliphatic carbocycles. The van der Waals surface area contributed by atoms with Gasteiger partial charge < -0.3 is 10.6 Å². The summed E-state index contributed by atoms with van der Waals surface area (Å²) >= 11 is 0. The summed E-state index contributed by atoms with van der Waals surface area (Å²) in [6.07, 6.45) is 5.37. The molecule has 0 radical (unpaired) electrons. The van der Waals surface area contributed by atoms with E-state index < -0.39 is 0 Å². The van der Waals surface area contributed by atoms with E-state index in [-0.39, 0.29) is 6.04 Å². The largest absolute Gasteiger partial charge is 0.370 e. The molecule has 0 aliphatic heterocycles. The average Bonchev–Trinajstić information content (AvgIpc) is 2.48. The van der Waals surface area contributed by atoms with E-state index >= 15 is 0 Å². The van der Waals surface area contributed by atoms with E-state index in [4.69, 9.17) is 5.73 Å². The normalized spacial score (nSPS) is 12.7. The van der Waals surface area contributed by atoms with Crippen LogP contribution in [0.2, 0.25) is 0 Å². The fraction of sp³-hybridized carbons (Fsp3) is 0.688. The lowest BCUT2D eigenvalue weighted by atomic mass is 10.0. The highest BCUT2D eigenvalue weighted by atomic mass is 15.1. The molecule has 2 N–H and O–H groups in total. The third-order valence-corrected chi connectivity index (χ3v) is 3.97. The van der Waals surface area contributed by atoms with Crippen LogP contribution in [0.5, 0.6) is 0 Å². The van der Waals surface area contributed by atoms with Gasteiger partial charge in [0.1, 0.15) is 0 Å². The molecule has 0 unspecified atom stereocenters. The van der Waals surface area contributed by atoms with Gasteiger partial charge in [-0.05, 0) is 31.4 Å². The SMILES string of the molecule is CCC(CC)CN(CC)c1ccc([C@H](N)CC)nc1. The molecule has 0 saturated heterocycles. The maximum absolute atomic E-state index is 6.00. The van der Waals surface area contributed by atoms with Gasteiger partial charge in [-0.25, -0.2) is 0 Å². The Balaban J connectivity index is 2.76. The summed E-state index contributed by atoms with van der Waals surface area (Å²) in [7, 11) is 0. The molecular formula is C16H29N3. The van der Waals surface area contributed by atoms with Crippen LogP contribution in [0, 0.1) is 5.92 Å². The number of pyridine rings is 1. The lowest BCUT2D eigenvalue weighted by molar-refractivity contribution is 0.486. The van der Waals surface area contributed by atoms with E-state index in [9.17, 15) is 0 Å². The number of nitrogens with zero attached hydrogens (tertiary/aromatic N) is 2. The monoisotopic (exact) mass is 263 g/mol. The Morgan fingerprint density at radius 3 is 2.21 bits per heavy atom. The standard InChI is InChI=1S/C16H29N3/c1-5-13(6-2)12-19(8-4)14-9-10-16(18-11-14)15(17)7-3/h9-11,13,15H,5-8,12,17H2,1-4H3/t15-/m1/s1. The molecule has 0 bridgehead atoms. The Labute approximate surface area is 118 Å². The molecule has 1 heterocycles. The maximum Gasteiger partial charge on any atom is 0.0572 e. The van der Waals surface area contributed by atoms with Crippen molar-refractivity contribution in [1.29, 1.82) is 0 Å². The van der Waals surface area contributed by atoms with Crippen LogP contribution in [0.1, 0.15) is 58.7 Å². The predicted octanol–water partition coefficient (Wildman–Crippen LogP) is 3.75. The zero-order chi connectivity index (χ0) is 14.3. The minimum absolute atomic E-state index is 0.0585. The summed E-state index contributed by atoms with van der Waals surface area (Å²) in [6.45, 7) is 11.0. The second-order valence-electron chi connectivity index (χ2n) is 5.18. The van der Waals surface area contributed by atoms with E-state index in [1.54, 1.807) is 0 Å². The third kappa shape index (κ3) is 4.50. The highest BCUT2D eigenvalue weighted by Crippen LogP contribution is 2.19. The van der Waals surface area contributed by atoms with Crippen molar-refractivity contribution in [1.82, 2.24) is 4.98 Å². The first-order valence-electron chi connectivity index (χ1n) is 7.62. The van der Waals surface area contributed by atoms with E-state index in [1.807, 2.05) is 6.20 Å². The molecule has 1 aromatic rings. The van der Waals surface area contributed by atoms with Crippen LogP contribution in [0.4, 0.5) is 5.69 Å². The van der Waals surface area contributed by atoms with E-state index in [0.29, 0.717) is 0 Å². The Hall–Kier alpha value is -1.09. The van der Waals surface area contributed by atoms with Gasteiger partial charge >= 0.3 is 0 Å². The van der Waals surface area contributed by atoms with Crippen LogP contribution in [-0.4, -0.2) is 18.1 Å². The molecule has 19 heavy (non-hydrogen) atoms. The fourth-order valence-corrected chi connectivity index (χ4v) is 2.29. The topological polar surface area (TPSA) is 42.1 Å². The summed E-state index contributed by atoms with van der Waals surface area (Å²) in [4.78, 5) is 6.92. The first-order valence-corrected chi connectivity index (χ1v) is 7.62. The molecule has 0 amide bonds. The molecule has 0 spiro atoms. The van der Waals surface area contributed by atoms with Gasteiger partial charge in [0.05, 0.1) is 17.6 Å². The summed E-state index contributed by atoms with van der Waals surface area (Å²) in [5.74, 6) is 0.762.